The van der Waals surface area contributed by atoms with Crippen molar-refractivity contribution in [1.29, 1.82) is 0 Å². The van der Waals surface area contributed by atoms with E-state index < -0.39 is 0 Å². The first-order valence-electron chi connectivity index (χ1n) is 8.09. The summed E-state index contributed by atoms with van der Waals surface area (Å²) in [4.78, 5) is 22.3. The van der Waals surface area contributed by atoms with Gasteiger partial charge in [0.05, 0.1) is 11.0 Å². The molecule has 0 saturated carbocycles. The summed E-state index contributed by atoms with van der Waals surface area (Å²) in [5, 5.41) is 0. The molecule has 1 amide bonds. The van der Waals surface area contributed by atoms with Gasteiger partial charge in [-0.05, 0) is 43.2 Å². The van der Waals surface area contributed by atoms with Crippen LogP contribution in [0.25, 0.3) is 11.0 Å². The number of carbonyl (C=O) groups is 1. The maximum atomic E-state index is 12.5. The number of pyridine rings is 1. The molecule has 1 fully saturated rings. The van der Waals surface area contributed by atoms with E-state index in [4.69, 9.17) is 0 Å². The maximum Gasteiger partial charge on any atom is 0.253 e. The van der Waals surface area contributed by atoms with E-state index in [1.54, 1.807) is 0 Å². The minimum absolute atomic E-state index is 0.141. The second-order valence-electron chi connectivity index (χ2n) is 6.09. The molecule has 0 bridgehead atoms. The van der Waals surface area contributed by atoms with Gasteiger partial charge >= 0.3 is 0 Å². The highest BCUT2D eigenvalue weighted by Gasteiger charge is 2.25. The minimum atomic E-state index is 0.141. The van der Waals surface area contributed by atoms with Crippen LogP contribution in [0.4, 0.5) is 0 Å². The Labute approximate surface area is 135 Å². The summed E-state index contributed by atoms with van der Waals surface area (Å²) in [5.74, 6) is 0.617. The van der Waals surface area contributed by atoms with Gasteiger partial charge in [-0.1, -0.05) is 18.2 Å². The molecule has 0 radical (unpaired) electrons. The topological polar surface area (TPSA) is 49.0 Å². The lowest BCUT2D eigenvalue weighted by Gasteiger charge is -2.31. The predicted molar refractivity (Wildman–Crippen MR) is 90.4 cm³/mol. The van der Waals surface area contributed by atoms with Gasteiger partial charge in [0.25, 0.3) is 5.91 Å². The number of hydrogen-bond acceptors (Lipinski definition) is 2. The quantitative estimate of drug-likeness (QED) is 0.786. The SMILES string of the molecule is O=C(c1ccccc1)N1CCC(c2cc3ncccc3[nH]2)CC1. The number of nitrogens with one attached hydrogen (secondary N) is 1. The van der Waals surface area contributed by atoms with E-state index in [9.17, 15) is 4.79 Å². The second kappa shape index (κ2) is 5.88. The smallest absolute Gasteiger partial charge is 0.253 e. The number of aromatic amines is 1. The lowest BCUT2D eigenvalue weighted by Crippen LogP contribution is -2.37. The van der Waals surface area contributed by atoms with Crippen LogP contribution in [0.3, 0.4) is 0 Å². The van der Waals surface area contributed by atoms with Crippen LogP contribution in [0.1, 0.15) is 34.8 Å². The molecule has 2 aromatic heterocycles. The van der Waals surface area contributed by atoms with E-state index in [1.165, 1.54) is 5.69 Å². The summed E-state index contributed by atoms with van der Waals surface area (Å²) in [7, 11) is 0. The van der Waals surface area contributed by atoms with Gasteiger partial charge in [0.15, 0.2) is 0 Å². The number of H-pyrrole nitrogens is 1. The average molecular weight is 305 g/mol. The van der Waals surface area contributed by atoms with E-state index in [0.717, 1.165) is 42.5 Å². The van der Waals surface area contributed by atoms with Crippen LogP contribution in [0.2, 0.25) is 0 Å². The molecule has 1 aliphatic rings. The van der Waals surface area contributed by atoms with E-state index >= 15 is 0 Å². The number of carbonyl (C=O) groups excluding carboxylic acids is 1. The summed E-state index contributed by atoms with van der Waals surface area (Å²) >= 11 is 0. The van der Waals surface area contributed by atoms with Gasteiger partial charge in [-0.25, -0.2) is 0 Å². The number of amides is 1. The molecule has 23 heavy (non-hydrogen) atoms. The lowest BCUT2D eigenvalue weighted by molar-refractivity contribution is 0.0712. The highest BCUT2D eigenvalue weighted by Crippen LogP contribution is 2.29. The first kappa shape index (κ1) is 14.0. The van der Waals surface area contributed by atoms with Gasteiger partial charge < -0.3 is 9.88 Å². The Balaban J connectivity index is 1.45. The highest BCUT2D eigenvalue weighted by atomic mass is 16.2. The maximum absolute atomic E-state index is 12.5. The molecule has 1 N–H and O–H groups in total. The van der Waals surface area contributed by atoms with Crippen molar-refractivity contribution in [2.24, 2.45) is 0 Å². The number of likely N-dealkylation sites (tertiary alicyclic amines) is 1. The number of hydrogen-bond donors (Lipinski definition) is 1. The van der Waals surface area contributed by atoms with Gasteiger partial charge in [-0.2, -0.15) is 0 Å². The third-order valence-electron chi connectivity index (χ3n) is 4.65. The number of fused-ring (bicyclic) bond motifs is 1. The van der Waals surface area contributed by atoms with Crippen molar-refractivity contribution >= 4 is 16.9 Å². The summed E-state index contributed by atoms with van der Waals surface area (Å²) in [5.41, 5.74) is 4.13. The summed E-state index contributed by atoms with van der Waals surface area (Å²) < 4.78 is 0. The Bertz CT molecular complexity index is 784. The summed E-state index contributed by atoms with van der Waals surface area (Å²) in [6, 6.07) is 15.7. The zero-order chi connectivity index (χ0) is 15.6. The van der Waals surface area contributed by atoms with Crippen molar-refractivity contribution in [2.75, 3.05) is 13.1 Å². The minimum Gasteiger partial charge on any atom is -0.357 e. The van der Waals surface area contributed by atoms with Gasteiger partial charge in [0.1, 0.15) is 0 Å². The molecule has 4 rings (SSSR count). The van der Waals surface area contributed by atoms with Gasteiger partial charge in [0, 0.05) is 36.5 Å². The Hall–Kier alpha value is -2.62. The predicted octanol–water partition coefficient (Wildman–Crippen LogP) is 3.58. The number of piperidine rings is 1. The highest BCUT2D eigenvalue weighted by molar-refractivity contribution is 5.94. The zero-order valence-corrected chi connectivity index (χ0v) is 12.9. The normalized spacial score (nSPS) is 15.9. The molecule has 0 spiro atoms. The van der Waals surface area contributed by atoms with Crippen LogP contribution in [-0.2, 0) is 0 Å². The lowest BCUT2D eigenvalue weighted by atomic mass is 9.93. The van der Waals surface area contributed by atoms with E-state index in [-0.39, 0.29) is 5.91 Å². The molecule has 1 aromatic carbocycles. The van der Waals surface area contributed by atoms with Crippen LogP contribution in [0.5, 0.6) is 0 Å². The zero-order valence-electron chi connectivity index (χ0n) is 12.9. The van der Waals surface area contributed by atoms with E-state index in [2.05, 4.69) is 22.1 Å². The molecule has 4 nitrogen and oxygen atoms in total. The molecule has 3 heterocycles. The second-order valence-corrected chi connectivity index (χ2v) is 6.09. The van der Waals surface area contributed by atoms with Crippen molar-refractivity contribution in [3.63, 3.8) is 0 Å². The van der Waals surface area contributed by atoms with Crippen LogP contribution < -0.4 is 0 Å². The summed E-state index contributed by atoms with van der Waals surface area (Å²) in [6.45, 7) is 1.61. The molecule has 0 atom stereocenters. The van der Waals surface area contributed by atoms with E-state index in [0.29, 0.717) is 5.92 Å². The van der Waals surface area contributed by atoms with Crippen LogP contribution in [0.15, 0.2) is 54.7 Å². The van der Waals surface area contributed by atoms with Crippen molar-refractivity contribution < 1.29 is 4.79 Å². The van der Waals surface area contributed by atoms with Crippen molar-refractivity contribution in [1.82, 2.24) is 14.9 Å². The Kier molecular flexibility index (Phi) is 3.58. The van der Waals surface area contributed by atoms with Crippen LogP contribution in [0, 0.1) is 0 Å². The Morgan fingerprint density at radius 3 is 2.61 bits per heavy atom. The number of nitrogens with zero attached hydrogens (tertiary/aromatic N) is 2. The fraction of sp³-hybridized carbons (Fsp3) is 0.263. The van der Waals surface area contributed by atoms with Crippen LogP contribution >= 0.6 is 0 Å². The molecule has 1 saturated heterocycles. The average Bonchev–Trinajstić information content (AvgIpc) is 3.06. The first-order chi connectivity index (χ1) is 11.3. The fourth-order valence-electron chi connectivity index (χ4n) is 3.35. The number of aromatic nitrogens is 2. The molecule has 4 heteroatoms. The van der Waals surface area contributed by atoms with E-state index in [1.807, 2.05) is 47.5 Å². The molecule has 0 unspecified atom stereocenters. The third-order valence-corrected chi connectivity index (χ3v) is 4.65. The molecule has 0 aliphatic carbocycles. The Morgan fingerprint density at radius 2 is 1.87 bits per heavy atom. The van der Waals surface area contributed by atoms with Gasteiger partial charge in [-0.15, -0.1) is 0 Å². The van der Waals surface area contributed by atoms with Crippen LogP contribution in [-0.4, -0.2) is 33.9 Å². The molecule has 3 aromatic rings. The van der Waals surface area contributed by atoms with Crippen molar-refractivity contribution in [3.8, 4) is 0 Å². The molecular weight excluding hydrogens is 286 g/mol. The molecular formula is C19H19N3O. The summed E-state index contributed by atoms with van der Waals surface area (Å²) in [6.07, 6.45) is 3.80. The van der Waals surface area contributed by atoms with Crippen molar-refractivity contribution in [3.05, 3.63) is 66.0 Å². The third kappa shape index (κ3) is 2.72. The Morgan fingerprint density at radius 1 is 1.09 bits per heavy atom. The van der Waals surface area contributed by atoms with Gasteiger partial charge in [-0.3, -0.25) is 9.78 Å². The standard InChI is InChI=1S/C19H19N3O/c23-19(15-5-2-1-3-6-15)22-11-8-14(9-12-22)17-13-18-16(21-17)7-4-10-20-18/h1-7,10,13-14,21H,8-9,11-12H2. The fourth-order valence-corrected chi connectivity index (χ4v) is 3.35. The first-order valence-corrected chi connectivity index (χ1v) is 8.09. The van der Waals surface area contributed by atoms with Gasteiger partial charge in [0.2, 0.25) is 0 Å². The number of benzene rings is 1. The molecule has 116 valence electrons. The molecule has 1 aliphatic heterocycles. The number of rotatable bonds is 2. The largest absolute Gasteiger partial charge is 0.357 e. The monoisotopic (exact) mass is 305 g/mol. The van der Waals surface area contributed by atoms with Crippen molar-refractivity contribution in [2.45, 2.75) is 18.8 Å².